The van der Waals surface area contributed by atoms with Gasteiger partial charge >= 0.3 is 0 Å². The Morgan fingerprint density at radius 1 is 1.19 bits per heavy atom. The summed E-state index contributed by atoms with van der Waals surface area (Å²) in [5.41, 5.74) is 4.99. The van der Waals surface area contributed by atoms with Crippen LogP contribution in [0.15, 0.2) is 12.2 Å². The third-order valence-electron chi connectivity index (χ3n) is 9.74. The molecule has 0 aromatic carbocycles. The molecule has 3 heteroatoms. The predicted octanol–water partition coefficient (Wildman–Crippen LogP) is 4.48. The molecule has 4 rings (SSSR count). The van der Waals surface area contributed by atoms with Crippen LogP contribution in [0, 0.1) is 40.4 Å². The first-order valence-electron chi connectivity index (χ1n) is 11.4. The number of hydrogen-bond donors (Lipinski definition) is 2. The van der Waals surface area contributed by atoms with Crippen LogP contribution in [0.4, 0.5) is 0 Å². The molecular formula is C24H39NO2. The van der Waals surface area contributed by atoms with Crippen molar-refractivity contribution < 1.29 is 9.90 Å². The minimum Gasteiger partial charge on any atom is -0.389 e. The van der Waals surface area contributed by atoms with Crippen LogP contribution in [0.2, 0.25) is 0 Å². The summed E-state index contributed by atoms with van der Waals surface area (Å²) >= 11 is 0. The molecule has 4 aliphatic rings. The van der Waals surface area contributed by atoms with E-state index in [1.54, 1.807) is 0 Å². The third kappa shape index (κ3) is 2.71. The number of ketones is 1. The molecule has 0 unspecified atom stereocenters. The zero-order valence-corrected chi connectivity index (χ0v) is 17.5. The Kier molecular flexibility index (Phi) is 4.87. The number of Topliss-reactive ketones (excluding diaryl/α,β-unsaturated/α-hetero) is 1. The van der Waals surface area contributed by atoms with E-state index in [0.717, 1.165) is 51.4 Å². The molecule has 0 saturated heterocycles. The topological polar surface area (TPSA) is 63.3 Å². The fourth-order valence-electron chi connectivity index (χ4n) is 8.04. The van der Waals surface area contributed by atoms with E-state index in [0.29, 0.717) is 41.9 Å². The average molecular weight is 374 g/mol. The number of aliphatic hydroxyl groups is 1. The molecule has 4 aliphatic carbocycles. The Morgan fingerprint density at radius 3 is 2.70 bits per heavy atom. The second kappa shape index (κ2) is 6.69. The second-order valence-electron chi connectivity index (χ2n) is 10.8. The molecule has 3 nitrogen and oxygen atoms in total. The summed E-state index contributed by atoms with van der Waals surface area (Å²) in [6.07, 6.45) is 13.8. The zero-order chi connectivity index (χ0) is 19.4. The van der Waals surface area contributed by atoms with E-state index >= 15 is 0 Å². The maximum Gasteiger partial charge on any atom is 0.139 e. The number of carbonyl (C=O) groups is 1. The maximum absolute atomic E-state index is 12.6. The number of nitrogens with two attached hydrogens (primary N) is 1. The fraction of sp³-hybridized carbons (Fsp3) is 0.875. The molecule has 8 atom stereocenters. The van der Waals surface area contributed by atoms with E-state index < -0.39 is 5.60 Å². The van der Waals surface area contributed by atoms with E-state index in [-0.39, 0.29) is 10.8 Å². The summed E-state index contributed by atoms with van der Waals surface area (Å²) in [5, 5.41) is 12.0. The summed E-state index contributed by atoms with van der Waals surface area (Å²) in [6, 6.07) is 0. The molecule has 0 aliphatic heterocycles. The Balaban J connectivity index is 1.61. The molecule has 0 spiro atoms. The summed E-state index contributed by atoms with van der Waals surface area (Å²) in [7, 11) is 0. The lowest BCUT2D eigenvalue weighted by Gasteiger charge is -2.65. The SMILES string of the molecule is C[C@H]1C[C@H]2[C@@H]3CCC(=O)[C@@]3(C)CC[C@@H]2[C@@]2(C)CC[C@@H](/C=C\CCN)C[C@]12O. The number of hydrogen-bond acceptors (Lipinski definition) is 3. The van der Waals surface area contributed by atoms with Crippen molar-refractivity contribution >= 4 is 5.78 Å². The van der Waals surface area contributed by atoms with E-state index in [1.807, 2.05) is 0 Å². The van der Waals surface area contributed by atoms with Crippen LogP contribution in [-0.2, 0) is 4.79 Å². The minimum absolute atomic E-state index is 0.000504. The van der Waals surface area contributed by atoms with Crippen molar-refractivity contribution in [2.24, 2.45) is 46.2 Å². The minimum atomic E-state index is -0.569. The van der Waals surface area contributed by atoms with Crippen LogP contribution in [-0.4, -0.2) is 23.0 Å². The zero-order valence-electron chi connectivity index (χ0n) is 17.5. The van der Waals surface area contributed by atoms with Gasteiger partial charge in [0.15, 0.2) is 0 Å². The Morgan fingerprint density at radius 2 is 1.96 bits per heavy atom. The van der Waals surface area contributed by atoms with Crippen LogP contribution in [0.25, 0.3) is 0 Å². The van der Waals surface area contributed by atoms with Crippen LogP contribution in [0.5, 0.6) is 0 Å². The Hall–Kier alpha value is -0.670. The maximum atomic E-state index is 12.6. The highest BCUT2D eigenvalue weighted by Crippen LogP contribution is 2.68. The molecular weight excluding hydrogens is 334 g/mol. The molecule has 4 fully saturated rings. The van der Waals surface area contributed by atoms with Gasteiger partial charge in [0.25, 0.3) is 0 Å². The monoisotopic (exact) mass is 373 g/mol. The van der Waals surface area contributed by atoms with Gasteiger partial charge in [-0.05, 0) is 92.9 Å². The first kappa shape index (κ1) is 19.6. The lowest BCUT2D eigenvalue weighted by atomic mass is 9.41. The second-order valence-corrected chi connectivity index (χ2v) is 10.8. The summed E-state index contributed by atoms with van der Waals surface area (Å²) in [4.78, 5) is 12.6. The fourth-order valence-corrected chi connectivity index (χ4v) is 8.04. The molecule has 0 aromatic rings. The lowest BCUT2D eigenvalue weighted by molar-refractivity contribution is -0.233. The standard InChI is InChI=1S/C24H39NO2/c1-16-14-18-19-7-8-21(26)22(19,2)11-10-20(18)23(3)12-9-17(6-4-5-13-25)15-24(16,23)27/h4,6,16-20,27H,5,7-15,25H2,1-3H3/b6-4-/t16-,17+,18-,19-,20-,22-,23+,24-/m0/s1. The van der Waals surface area contributed by atoms with E-state index in [2.05, 4.69) is 32.9 Å². The summed E-state index contributed by atoms with van der Waals surface area (Å²) < 4.78 is 0. The number of allylic oxidation sites excluding steroid dienone is 1. The molecule has 0 bridgehead atoms. The molecule has 4 saturated carbocycles. The van der Waals surface area contributed by atoms with E-state index in [9.17, 15) is 9.90 Å². The van der Waals surface area contributed by atoms with Crippen molar-refractivity contribution in [1.82, 2.24) is 0 Å². The van der Waals surface area contributed by atoms with Crippen LogP contribution < -0.4 is 5.73 Å². The molecule has 27 heavy (non-hydrogen) atoms. The van der Waals surface area contributed by atoms with Crippen molar-refractivity contribution in [1.29, 1.82) is 0 Å². The average Bonchev–Trinajstić information content (AvgIpc) is 2.93. The largest absolute Gasteiger partial charge is 0.389 e. The predicted molar refractivity (Wildman–Crippen MR) is 109 cm³/mol. The van der Waals surface area contributed by atoms with Crippen molar-refractivity contribution in [2.75, 3.05) is 6.54 Å². The summed E-state index contributed by atoms with van der Waals surface area (Å²) in [6.45, 7) is 7.61. The van der Waals surface area contributed by atoms with Crippen molar-refractivity contribution in [3.05, 3.63) is 12.2 Å². The molecule has 0 aromatic heterocycles. The first-order valence-corrected chi connectivity index (χ1v) is 11.4. The van der Waals surface area contributed by atoms with Crippen molar-refractivity contribution in [2.45, 2.75) is 84.2 Å². The number of carbonyl (C=O) groups excluding carboxylic acids is 1. The van der Waals surface area contributed by atoms with Crippen LogP contribution in [0.1, 0.15) is 78.6 Å². The third-order valence-corrected chi connectivity index (χ3v) is 9.74. The van der Waals surface area contributed by atoms with E-state index in [4.69, 9.17) is 5.73 Å². The molecule has 0 amide bonds. The highest BCUT2D eigenvalue weighted by molar-refractivity contribution is 5.87. The number of fused-ring (bicyclic) bond motifs is 5. The molecule has 152 valence electrons. The Labute approximate surface area is 165 Å². The van der Waals surface area contributed by atoms with Gasteiger partial charge in [-0.1, -0.05) is 32.9 Å². The van der Waals surface area contributed by atoms with Gasteiger partial charge in [0.05, 0.1) is 5.60 Å². The first-order chi connectivity index (χ1) is 12.8. The van der Waals surface area contributed by atoms with Gasteiger partial charge < -0.3 is 10.8 Å². The highest BCUT2D eigenvalue weighted by atomic mass is 16.3. The highest BCUT2D eigenvalue weighted by Gasteiger charge is 2.66. The Bertz CT molecular complexity index is 630. The van der Waals surface area contributed by atoms with Crippen LogP contribution in [0.3, 0.4) is 0 Å². The lowest BCUT2D eigenvalue weighted by Crippen LogP contribution is -2.65. The molecule has 3 N–H and O–H groups in total. The van der Waals surface area contributed by atoms with Gasteiger partial charge in [-0.25, -0.2) is 0 Å². The van der Waals surface area contributed by atoms with Crippen molar-refractivity contribution in [3.8, 4) is 0 Å². The summed E-state index contributed by atoms with van der Waals surface area (Å²) in [5.74, 6) is 3.06. The smallest absolute Gasteiger partial charge is 0.139 e. The normalized spacial score (nSPS) is 52.5. The van der Waals surface area contributed by atoms with Gasteiger partial charge in [0.2, 0.25) is 0 Å². The van der Waals surface area contributed by atoms with Gasteiger partial charge in [-0.2, -0.15) is 0 Å². The van der Waals surface area contributed by atoms with Gasteiger partial charge in [-0.3, -0.25) is 4.79 Å². The van der Waals surface area contributed by atoms with E-state index in [1.165, 1.54) is 6.42 Å². The van der Waals surface area contributed by atoms with Gasteiger partial charge in [0.1, 0.15) is 5.78 Å². The van der Waals surface area contributed by atoms with Gasteiger partial charge in [0, 0.05) is 11.8 Å². The van der Waals surface area contributed by atoms with Crippen LogP contribution >= 0.6 is 0 Å². The van der Waals surface area contributed by atoms with Gasteiger partial charge in [-0.15, -0.1) is 0 Å². The number of rotatable bonds is 3. The quantitative estimate of drug-likeness (QED) is 0.717. The van der Waals surface area contributed by atoms with Crippen molar-refractivity contribution in [3.63, 3.8) is 0 Å². The molecule has 0 heterocycles. The molecule has 0 radical (unpaired) electrons.